The maximum Gasteiger partial charge on any atom is 0.244 e. The molecule has 2 aromatic heterocycles. The Labute approximate surface area is 232 Å². The fraction of sp³-hybridized carbons (Fsp3) is 0.367. The summed E-state index contributed by atoms with van der Waals surface area (Å²) in [6.07, 6.45) is 1.83. The molecular formula is C30H37N5O3S. The van der Waals surface area contributed by atoms with Crippen LogP contribution in [0.4, 0.5) is 0 Å². The lowest BCUT2D eigenvalue weighted by atomic mass is 9.95. The predicted octanol–water partition coefficient (Wildman–Crippen LogP) is 3.99. The first-order chi connectivity index (χ1) is 18.3. The van der Waals surface area contributed by atoms with E-state index in [0.717, 1.165) is 32.1 Å². The molecule has 0 unspecified atom stereocenters. The van der Waals surface area contributed by atoms with E-state index in [1.807, 2.05) is 80.9 Å². The molecular weight excluding hydrogens is 510 g/mol. The number of benzene rings is 2. The molecule has 0 bridgehead atoms. The summed E-state index contributed by atoms with van der Waals surface area (Å²) in [7, 11) is 0. The summed E-state index contributed by atoms with van der Waals surface area (Å²) >= 11 is 1.59. The zero-order valence-corrected chi connectivity index (χ0v) is 23.9. The minimum atomic E-state index is -1.17. The van der Waals surface area contributed by atoms with Gasteiger partial charge in [0, 0.05) is 40.1 Å². The van der Waals surface area contributed by atoms with Crippen molar-refractivity contribution in [2.24, 2.45) is 11.1 Å². The van der Waals surface area contributed by atoms with Crippen molar-refractivity contribution in [1.82, 2.24) is 20.9 Å². The van der Waals surface area contributed by atoms with Gasteiger partial charge in [-0.1, -0.05) is 57.2 Å². The van der Waals surface area contributed by atoms with Gasteiger partial charge in [0.1, 0.15) is 12.2 Å². The summed E-state index contributed by atoms with van der Waals surface area (Å²) in [6.45, 7) is 8.66. The second-order valence-electron chi connectivity index (χ2n) is 11.6. The molecule has 0 radical (unpaired) electrons. The maximum atomic E-state index is 13.8. The second-order valence-corrected chi connectivity index (χ2v) is 12.5. The predicted molar refractivity (Wildman–Crippen MR) is 157 cm³/mol. The molecule has 6 N–H and O–H groups in total. The number of hydrogen-bond donors (Lipinski definition) is 5. The van der Waals surface area contributed by atoms with Gasteiger partial charge in [0.2, 0.25) is 17.7 Å². The van der Waals surface area contributed by atoms with Crippen LogP contribution in [0, 0.1) is 5.41 Å². The van der Waals surface area contributed by atoms with Crippen molar-refractivity contribution >= 4 is 50.0 Å². The number of aromatic amines is 1. The average Bonchev–Trinajstić information content (AvgIpc) is 3.46. The van der Waals surface area contributed by atoms with Crippen molar-refractivity contribution in [2.75, 3.05) is 0 Å². The van der Waals surface area contributed by atoms with Crippen LogP contribution in [-0.4, -0.2) is 40.5 Å². The van der Waals surface area contributed by atoms with Crippen LogP contribution in [0.15, 0.2) is 60.1 Å². The molecule has 3 amide bonds. The van der Waals surface area contributed by atoms with Gasteiger partial charge >= 0.3 is 0 Å². The number of carbonyl (C=O) groups is 3. The van der Waals surface area contributed by atoms with E-state index in [-0.39, 0.29) is 12.3 Å². The molecule has 0 fully saturated rings. The molecule has 2 aromatic carbocycles. The summed E-state index contributed by atoms with van der Waals surface area (Å²) in [5, 5.41) is 12.9. The lowest BCUT2D eigenvalue weighted by molar-refractivity contribution is -0.133. The van der Waals surface area contributed by atoms with Gasteiger partial charge in [0.25, 0.3) is 0 Å². The highest BCUT2D eigenvalue weighted by Crippen LogP contribution is 2.27. The first-order valence-corrected chi connectivity index (χ1v) is 13.9. The zero-order valence-electron chi connectivity index (χ0n) is 23.1. The van der Waals surface area contributed by atoms with Gasteiger partial charge in [0.05, 0.1) is 5.54 Å². The van der Waals surface area contributed by atoms with Gasteiger partial charge in [0.15, 0.2) is 0 Å². The van der Waals surface area contributed by atoms with E-state index in [1.54, 1.807) is 25.2 Å². The van der Waals surface area contributed by atoms with Gasteiger partial charge in [-0.25, -0.2) is 0 Å². The van der Waals surface area contributed by atoms with Crippen molar-refractivity contribution in [3.05, 3.63) is 71.2 Å². The number of hydrogen-bond acceptors (Lipinski definition) is 5. The molecule has 0 spiro atoms. The van der Waals surface area contributed by atoms with Crippen molar-refractivity contribution < 1.29 is 14.4 Å². The number of rotatable bonds is 9. The van der Waals surface area contributed by atoms with Crippen LogP contribution in [0.3, 0.4) is 0 Å². The number of nitrogens with one attached hydrogen (secondary N) is 4. The summed E-state index contributed by atoms with van der Waals surface area (Å²) in [4.78, 5) is 42.9. The molecule has 4 rings (SSSR count). The fourth-order valence-electron chi connectivity index (χ4n) is 4.27. The number of amides is 3. The Kier molecular flexibility index (Phi) is 8.13. The molecule has 4 aromatic rings. The molecule has 206 valence electrons. The third-order valence-electron chi connectivity index (χ3n) is 6.59. The Hall–Kier alpha value is -3.69. The van der Waals surface area contributed by atoms with Crippen LogP contribution in [0.25, 0.3) is 21.0 Å². The maximum absolute atomic E-state index is 13.8. The number of aromatic nitrogens is 1. The van der Waals surface area contributed by atoms with Crippen LogP contribution in [-0.2, 0) is 27.2 Å². The summed E-state index contributed by atoms with van der Waals surface area (Å²) < 4.78 is 1.10. The lowest BCUT2D eigenvalue weighted by Crippen LogP contribution is -2.60. The summed E-state index contributed by atoms with van der Waals surface area (Å²) in [5.41, 5.74) is 7.11. The highest BCUT2D eigenvalue weighted by Gasteiger charge is 2.31. The van der Waals surface area contributed by atoms with Crippen molar-refractivity contribution in [3.8, 4) is 0 Å². The first-order valence-electron chi connectivity index (χ1n) is 13.0. The molecule has 0 saturated carbocycles. The van der Waals surface area contributed by atoms with E-state index in [4.69, 9.17) is 5.73 Å². The number of carbonyl (C=O) groups excluding carboxylic acids is 3. The highest BCUT2D eigenvalue weighted by molar-refractivity contribution is 7.17. The number of fused-ring (bicyclic) bond motifs is 2. The first kappa shape index (κ1) is 28.3. The van der Waals surface area contributed by atoms with Crippen molar-refractivity contribution in [2.45, 2.75) is 65.2 Å². The Morgan fingerprint density at radius 3 is 2.21 bits per heavy atom. The SMILES string of the molecule is CC(C)(C)C(=O)N[C@@H](Cc1c[nH]c2ccccc12)NC(=O)[C@@H](Cc1csc2ccccc12)NC(=O)C(C)(C)N. The van der Waals surface area contributed by atoms with Crippen LogP contribution < -0.4 is 21.7 Å². The average molecular weight is 548 g/mol. The Balaban J connectivity index is 1.62. The smallest absolute Gasteiger partial charge is 0.244 e. The molecule has 0 saturated heterocycles. The minimum absolute atomic E-state index is 0.194. The van der Waals surface area contributed by atoms with E-state index in [2.05, 4.69) is 20.9 Å². The Morgan fingerprint density at radius 2 is 1.51 bits per heavy atom. The third kappa shape index (κ3) is 6.85. The summed E-state index contributed by atoms with van der Waals surface area (Å²) in [5.74, 6) is -1.03. The van der Waals surface area contributed by atoms with Crippen LogP contribution in [0.5, 0.6) is 0 Å². The molecule has 2 heterocycles. The largest absolute Gasteiger partial charge is 0.361 e. The van der Waals surface area contributed by atoms with Crippen molar-refractivity contribution in [3.63, 3.8) is 0 Å². The molecule has 39 heavy (non-hydrogen) atoms. The fourth-order valence-corrected chi connectivity index (χ4v) is 5.25. The van der Waals surface area contributed by atoms with Gasteiger partial charge in [-0.3, -0.25) is 14.4 Å². The van der Waals surface area contributed by atoms with Gasteiger partial charge < -0.3 is 26.7 Å². The van der Waals surface area contributed by atoms with E-state index in [1.165, 1.54) is 0 Å². The number of H-pyrrole nitrogens is 1. The molecule has 8 nitrogen and oxygen atoms in total. The Morgan fingerprint density at radius 1 is 0.846 bits per heavy atom. The van der Waals surface area contributed by atoms with E-state index in [9.17, 15) is 14.4 Å². The minimum Gasteiger partial charge on any atom is -0.361 e. The Bertz CT molecular complexity index is 1490. The third-order valence-corrected chi connectivity index (χ3v) is 7.61. The van der Waals surface area contributed by atoms with Crippen LogP contribution in [0.2, 0.25) is 0 Å². The highest BCUT2D eigenvalue weighted by atomic mass is 32.1. The van der Waals surface area contributed by atoms with E-state index >= 15 is 0 Å². The molecule has 0 aliphatic heterocycles. The zero-order chi connectivity index (χ0) is 28.4. The molecule has 9 heteroatoms. The molecule has 0 aliphatic rings. The number of para-hydroxylation sites is 1. The summed E-state index contributed by atoms with van der Waals surface area (Å²) in [6, 6.07) is 14.9. The number of nitrogens with two attached hydrogens (primary N) is 1. The molecule has 0 aliphatic carbocycles. The van der Waals surface area contributed by atoms with E-state index < -0.39 is 35.0 Å². The van der Waals surface area contributed by atoms with E-state index in [0.29, 0.717) is 6.42 Å². The quantitative estimate of drug-likeness (QED) is 0.203. The molecule has 2 atom stereocenters. The normalized spacial score (nSPS) is 13.7. The van der Waals surface area contributed by atoms with Gasteiger partial charge in [-0.2, -0.15) is 0 Å². The lowest BCUT2D eigenvalue weighted by Gasteiger charge is -2.28. The monoisotopic (exact) mass is 547 g/mol. The van der Waals surface area contributed by atoms with Gasteiger partial charge in [-0.15, -0.1) is 11.3 Å². The van der Waals surface area contributed by atoms with Crippen molar-refractivity contribution in [1.29, 1.82) is 0 Å². The van der Waals surface area contributed by atoms with Crippen LogP contribution in [0.1, 0.15) is 45.7 Å². The number of thiophene rings is 1. The van der Waals surface area contributed by atoms with Crippen LogP contribution >= 0.6 is 11.3 Å². The standard InChI is InChI=1S/C30H37N5O3S/c1-29(2,3)27(37)35-25(15-18-16-32-22-12-8-6-10-20(18)22)34-26(36)23(33-28(38)30(4,5)31)14-19-17-39-24-13-9-7-11-21(19)24/h6-13,16-17,23,25,32H,14-15,31H2,1-5H3,(H,33,38)(H,34,36)(H,35,37)/t23-,25+/m1/s1. The topological polar surface area (TPSA) is 129 Å². The second kappa shape index (κ2) is 11.2. The van der Waals surface area contributed by atoms with Gasteiger partial charge in [-0.05, 0) is 47.9 Å².